The molecule has 210 valence electrons. The molecular weight excluding hydrogens is 546 g/mol. The lowest BCUT2D eigenvalue weighted by atomic mass is 9.93. The van der Waals surface area contributed by atoms with Gasteiger partial charge in [-0.25, -0.2) is 4.98 Å². The van der Waals surface area contributed by atoms with Gasteiger partial charge < -0.3 is 0 Å². The summed E-state index contributed by atoms with van der Waals surface area (Å²) in [5.41, 5.74) is 10.0. The van der Waals surface area contributed by atoms with Crippen molar-refractivity contribution < 1.29 is 0 Å². The molecule has 7 aromatic carbocycles. The van der Waals surface area contributed by atoms with Crippen LogP contribution in [0.1, 0.15) is 0 Å². The first-order valence-corrected chi connectivity index (χ1v) is 15.3. The van der Waals surface area contributed by atoms with Crippen molar-refractivity contribution in [2.75, 3.05) is 0 Å². The van der Waals surface area contributed by atoms with Gasteiger partial charge in [-0.3, -0.25) is 9.55 Å². The van der Waals surface area contributed by atoms with Gasteiger partial charge in [-0.15, -0.1) is 0 Å². The van der Waals surface area contributed by atoms with E-state index in [0.29, 0.717) is 0 Å². The van der Waals surface area contributed by atoms with Gasteiger partial charge in [0.25, 0.3) is 0 Å². The summed E-state index contributed by atoms with van der Waals surface area (Å²) in [6, 6.07) is 55.9. The van der Waals surface area contributed by atoms with Crippen LogP contribution < -0.4 is 0 Å². The van der Waals surface area contributed by atoms with Gasteiger partial charge in [0.05, 0.1) is 16.6 Å². The summed E-state index contributed by atoms with van der Waals surface area (Å²) < 4.78 is 2.27. The van der Waals surface area contributed by atoms with Crippen LogP contribution in [0, 0.1) is 0 Å². The number of imidazole rings is 1. The summed E-state index contributed by atoms with van der Waals surface area (Å²) in [5, 5.41) is 5.97. The van der Waals surface area contributed by atoms with E-state index in [0.717, 1.165) is 44.6 Å². The molecular formula is C42H27N3. The van der Waals surface area contributed by atoms with Crippen LogP contribution in [0.15, 0.2) is 164 Å². The fourth-order valence-corrected chi connectivity index (χ4v) is 6.67. The zero-order chi connectivity index (χ0) is 29.7. The lowest BCUT2D eigenvalue weighted by molar-refractivity contribution is 1.11. The van der Waals surface area contributed by atoms with Crippen molar-refractivity contribution in [3.8, 4) is 39.3 Å². The van der Waals surface area contributed by atoms with Gasteiger partial charge in [0, 0.05) is 28.2 Å². The van der Waals surface area contributed by atoms with E-state index in [-0.39, 0.29) is 0 Å². The number of para-hydroxylation sites is 3. The van der Waals surface area contributed by atoms with Gasteiger partial charge in [-0.1, -0.05) is 121 Å². The van der Waals surface area contributed by atoms with Gasteiger partial charge in [0.1, 0.15) is 5.82 Å². The average Bonchev–Trinajstić information content (AvgIpc) is 3.51. The first-order valence-electron chi connectivity index (χ1n) is 15.3. The van der Waals surface area contributed by atoms with Gasteiger partial charge in [-0.05, 0) is 74.8 Å². The van der Waals surface area contributed by atoms with Crippen LogP contribution in [0.25, 0.3) is 82.8 Å². The number of benzene rings is 7. The Morgan fingerprint density at radius 3 is 1.91 bits per heavy atom. The van der Waals surface area contributed by atoms with Crippen LogP contribution in [0.2, 0.25) is 0 Å². The van der Waals surface area contributed by atoms with Crippen molar-refractivity contribution in [1.82, 2.24) is 14.5 Å². The second-order valence-electron chi connectivity index (χ2n) is 11.5. The molecule has 0 aliphatic carbocycles. The zero-order valence-electron chi connectivity index (χ0n) is 24.4. The summed E-state index contributed by atoms with van der Waals surface area (Å²) >= 11 is 0. The average molecular weight is 574 g/mol. The highest BCUT2D eigenvalue weighted by Gasteiger charge is 2.18. The third kappa shape index (κ3) is 4.21. The fraction of sp³-hybridized carbons (Fsp3) is 0. The first-order chi connectivity index (χ1) is 22.3. The molecule has 0 saturated carbocycles. The monoisotopic (exact) mass is 573 g/mol. The fourth-order valence-electron chi connectivity index (χ4n) is 6.67. The molecule has 45 heavy (non-hydrogen) atoms. The highest BCUT2D eigenvalue weighted by Crippen LogP contribution is 2.38. The zero-order valence-corrected chi connectivity index (χ0v) is 24.4. The van der Waals surface area contributed by atoms with Gasteiger partial charge in [-0.2, -0.15) is 0 Å². The smallest absolute Gasteiger partial charge is 0.146 e. The van der Waals surface area contributed by atoms with Crippen molar-refractivity contribution in [3.05, 3.63) is 164 Å². The number of fused-ring (bicyclic) bond motifs is 5. The number of hydrogen-bond acceptors (Lipinski definition) is 2. The molecule has 9 aromatic rings. The Balaban J connectivity index is 1.14. The van der Waals surface area contributed by atoms with E-state index in [1.165, 1.54) is 38.2 Å². The van der Waals surface area contributed by atoms with Gasteiger partial charge >= 0.3 is 0 Å². The van der Waals surface area contributed by atoms with E-state index in [4.69, 9.17) is 9.97 Å². The number of hydrogen-bond donors (Lipinski definition) is 0. The second-order valence-corrected chi connectivity index (χ2v) is 11.5. The molecule has 3 heteroatoms. The predicted molar refractivity (Wildman–Crippen MR) is 188 cm³/mol. The normalized spacial score (nSPS) is 11.6. The number of aromatic nitrogens is 3. The predicted octanol–water partition coefficient (Wildman–Crippen LogP) is 10.9. The third-order valence-electron chi connectivity index (χ3n) is 8.86. The molecule has 0 spiro atoms. The van der Waals surface area contributed by atoms with E-state index < -0.39 is 0 Å². The van der Waals surface area contributed by atoms with Gasteiger partial charge in [0.15, 0.2) is 0 Å². The maximum absolute atomic E-state index is 5.15. The van der Waals surface area contributed by atoms with Crippen LogP contribution >= 0.6 is 0 Å². The maximum atomic E-state index is 5.15. The molecule has 0 bridgehead atoms. The summed E-state index contributed by atoms with van der Waals surface area (Å²) in [6.45, 7) is 0. The van der Waals surface area contributed by atoms with Crippen molar-refractivity contribution in [2.24, 2.45) is 0 Å². The minimum absolute atomic E-state index is 0.943. The molecule has 9 rings (SSSR count). The quantitative estimate of drug-likeness (QED) is 0.196. The van der Waals surface area contributed by atoms with Crippen molar-refractivity contribution in [1.29, 1.82) is 0 Å². The Kier molecular flexibility index (Phi) is 5.82. The largest absolute Gasteiger partial charge is 0.292 e. The van der Waals surface area contributed by atoms with Crippen LogP contribution in [0.3, 0.4) is 0 Å². The summed E-state index contributed by atoms with van der Waals surface area (Å²) in [5.74, 6) is 0.943. The van der Waals surface area contributed by atoms with Crippen molar-refractivity contribution >= 4 is 43.5 Å². The minimum atomic E-state index is 0.943. The van der Waals surface area contributed by atoms with E-state index in [2.05, 4.69) is 162 Å². The Labute approximate surface area is 260 Å². The molecule has 0 radical (unpaired) electrons. The summed E-state index contributed by atoms with van der Waals surface area (Å²) in [4.78, 5) is 9.91. The lowest BCUT2D eigenvalue weighted by Crippen LogP contribution is -1.98. The topological polar surface area (TPSA) is 30.7 Å². The van der Waals surface area contributed by atoms with Crippen LogP contribution in [0.5, 0.6) is 0 Å². The molecule has 0 N–H and O–H groups in total. The Morgan fingerprint density at radius 2 is 1.07 bits per heavy atom. The molecule has 0 amide bonds. The molecule has 0 saturated heterocycles. The standard InChI is InChI=1S/C42H27N3/c1-2-11-32(12-3-1)45-41-17-9-8-16-39(41)44-42(45)38-25-24-34(35-14-6-7-15-36(35)38)29-20-18-28(19-21-29)30-22-23-37-33-13-5-4-10-31(33)27-43-40(37)26-30/h1-27H. The van der Waals surface area contributed by atoms with E-state index >= 15 is 0 Å². The first kappa shape index (κ1) is 25.4. The summed E-state index contributed by atoms with van der Waals surface area (Å²) in [6.07, 6.45) is 1.97. The van der Waals surface area contributed by atoms with Crippen LogP contribution in [-0.4, -0.2) is 14.5 Å². The summed E-state index contributed by atoms with van der Waals surface area (Å²) in [7, 11) is 0. The minimum Gasteiger partial charge on any atom is -0.292 e. The molecule has 2 aromatic heterocycles. The number of nitrogens with zero attached hydrogens (tertiary/aromatic N) is 3. The van der Waals surface area contributed by atoms with E-state index in [1.54, 1.807) is 0 Å². The van der Waals surface area contributed by atoms with Crippen molar-refractivity contribution in [3.63, 3.8) is 0 Å². The lowest BCUT2D eigenvalue weighted by Gasteiger charge is -2.14. The Morgan fingerprint density at radius 1 is 0.422 bits per heavy atom. The van der Waals surface area contributed by atoms with Gasteiger partial charge in [0.2, 0.25) is 0 Å². The number of rotatable bonds is 4. The number of pyridine rings is 1. The molecule has 0 atom stereocenters. The molecule has 0 fully saturated rings. The maximum Gasteiger partial charge on any atom is 0.146 e. The van der Waals surface area contributed by atoms with E-state index in [1.807, 2.05) is 6.20 Å². The molecule has 3 nitrogen and oxygen atoms in total. The van der Waals surface area contributed by atoms with E-state index in [9.17, 15) is 0 Å². The van der Waals surface area contributed by atoms with Crippen LogP contribution in [0.4, 0.5) is 0 Å². The molecule has 0 aliphatic heterocycles. The SMILES string of the molecule is c1ccc(-n2c(-c3ccc(-c4ccc(-c5ccc6c(c5)ncc5ccccc56)cc4)c4ccccc34)nc3ccccc32)cc1. The highest BCUT2D eigenvalue weighted by molar-refractivity contribution is 6.07. The molecule has 0 aliphatic rings. The van der Waals surface area contributed by atoms with Crippen molar-refractivity contribution in [2.45, 2.75) is 0 Å². The Hall–Kier alpha value is -6.06. The molecule has 0 unspecified atom stereocenters. The Bertz CT molecular complexity index is 2530. The molecule has 2 heterocycles. The third-order valence-corrected chi connectivity index (χ3v) is 8.86. The van der Waals surface area contributed by atoms with Crippen LogP contribution in [-0.2, 0) is 0 Å². The highest BCUT2D eigenvalue weighted by atomic mass is 15.1. The second kappa shape index (κ2) is 10.3.